The van der Waals surface area contributed by atoms with Crippen LogP contribution >= 0.6 is 11.8 Å². The highest BCUT2D eigenvalue weighted by atomic mass is 32.2. The Balaban J connectivity index is 1.77. The number of pyridine rings is 1. The second-order valence-electron chi connectivity index (χ2n) is 5.41. The number of aromatic nitrogens is 3. The molecule has 0 unspecified atom stereocenters. The zero-order chi connectivity index (χ0) is 17.8. The summed E-state index contributed by atoms with van der Waals surface area (Å²) in [5, 5.41) is 8.71. The lowest BCUT2D eigenvalue weighted by molar-refractivity contribution is 0.407. The number of aryl methyl sites for hydroxylation is 1. The number of rotatable bonds is 6. The molecule has 0 aliphatic carbocycles. The lowest BCUT2D eigenvalue weighted by atomic mass is 10.1. The van der Waals surface area contributed by atoms with Crippen molar-refractivity contribution in [3.63, 3.8) is 0 Å². The molecule has 0 radical (unpaired) electrons. The molecule has 1 aromatic carbocycles. The van der Waals surface area contributed by atoms with Crippen molar-refractivity contribution >= 4 is 11.8 Å². The molecular weight excluding hydrogens is 338 g/mol. The molecule has 0 saturated heterocycles. The molecule has 0 atom stereocenters. The number of ether oxygens (including phenoxy) is 2. The Morgan fingerprint density at radius 2 is 1.88 bits per heavy atom. The topological polar surface area (TPSA) is 70.3 Å². The van der Waals surface area contributed by atoms with Crippen LogP contribution in [0, 0.1) is 13.8 Å². The molecule has 0 aliphatic rings. The molecule has 3 aromatic rings. The predicted molar refractivity (Wildman–Crippen MR) is 96.1 cm³/mol. The molecule has 0 bridgehead atoms. The summed E-state index contributed by atoms with van der Waals surface area (Å²) in [6.07, 6.45) is 1.82. The van der Waals surface area contributed by atoms with Crippen molar-refractivity contribution in [1.82, 2.24) is 15.2 Å². The number of hydrogen-bond acceptors (Lipinski definition) is 7. The highest BCUT2D eigenvalue weighted by Crippen LogP contribution is 2.32. The third-order valence-electron chi connectivity index (χ3n) is 3.83. The second-order valence-corrected chi connectivity index (χ2v) is 6.33. The van der Waals surface area contributed by atoms with E-state index in [1.165, 1.54) is 11.8 Å². The minimum atomic E-state index is 0.436. The first-order valence-corrected chi connectivity index (χ1v) is 8.71. The Morgan fingerprint density at radius 1 is 1.08 bits per heavy atom. The fourth-order valence-electron chi connectivity index (χ4n) is 2.54. The zero-order valence-electron chi connectivity index (χ0n) is 14.6. The van der Waals surface area contributed by atoms with Gasteiger partial charge in [-0.25, -0.2) is 0 Å². The van der Waals surface area contributed by atoms with Gasteiger partial charge in [0.15, 0.2) is 0 Å². The standard InChI is InChI=1S/C18H19N3O3S/c1-11-9-19-14(12(2)16(11)23-4)10-25-18-21-20-17(24-18)13-7-5-6-8-15(13)22-3/h5-9H,10H2,1-4H3. The van der Waals surface area contributed by atoms with Crippen LogP contribution < -0.4 is 9.47 Å². The smallest absolute Gasteiger partial charge is 0.277 e. The van der Waals surface area contributed by atoms with Crippen LogP contribution in [0.4, 0.5) is 0 Å². The highest BCUT2D eigenvalue weighted by Gasteiger charge is 2.15. The number of hydrogen-bond donors (Lipinski definition) is 0. The Bertz CT molecular complexity index is 880. The molecule has 0 aliphatic heterocycles. The molecular formula is C18H19N3O3S. The van der Waals surface area contributed by atoms with Gasteiger partial charge in [0, 0.05) is 23.1 Å². The van der Waals surface area contributed by atoms with Gasteiger partial charge in [0.1, 0.15) is 11.5 Å². The molecule has 0 N–H and O–H groups in total. The summed E-state index contributed by atoms with van der Waals surface area (Å²) in [7, 11) is 3.29. The Kier molecular flexibility index (Phi) is 5.23. The molecule has 130 valence electrons. The summed E-state index contributed by atoms with van der Waals surface area (Å²) in [5.41, 5.74) is 3.75. The molecule has 2 aromatic heterocycles. The molecule has 0 saturated carbocycles. The van der Waals surface area contributed by atoms with E-state index in [1.54, 1.807) is 14.2 Å². The second kappa shape index (κ2) is 7.57. The van der Waals surface area contributed by atoms with Crippen LogP contribution in [0.2, 0.25) is 0 Å². The van der Waals surface area contributed by atoms with Crippen molar-refractivity contribution in [2.75, 3.05) is 14.2 Å². The van der Waals surface area contributed by atoms with Crippen LogP contribution in [0.25, 0.3) is 11.5 Å². The molecule has 7 heteroatoms. The van der Waals surface area contributed by atoms with E-state index in [0.717, 1.165) is 28.1 Å². The van der Waals surface area contributed by atoms with Crippen molar-refractivity contribution < 1.29 is 13.9 Å². The maximum absolute atomic E-state index is 5.76. The molecule has 0 spiro atoms. The van der Waals surface area contributed by atoms with Gasteiger partial charge in [-0.15, -0.1) is 10.2 Å². The van der Waals surface area contributed by atoms with Crippen molar-refractivity contribution in [3.05, 3.63) is 47.3 Å². The van der Waals surface area contributed by atoms with E-state index < -0.39 is 0 Å². The number of benzene rings is 1. The molecule has 0 amide bonds. The van der Waals surface area contributed by atoms with E-state index in [1.807, 2.05) is 44.3 Å². The third-order valence-corrected chi connectivity index (χ3v) is 4.66. The molecule has 25 heavy (non-hydrogen) atoms. The minimum Gasteiger partial charge on any atom is -0.496 e. The van der Waals surface area contributed by atoms with Crippen LogP contribution in [-0.2, 0) is 5.75 Å². The van der Waals surface area contributed by atoms with E-state index in [-0.39, 0.29) is 0 Å². The quantitative estimate of drug-likeness (QED) is 0.616. The predicted octanol–water partition coefficient (Wildman–Crippen LogP) is 4.06. The summed E-state index contributed by atoms with van der Waals surface area (Å²) in [6.45, 7) is 3.98. The number of nitrogens with zero attached hydrogens (tertiary/aromatic N) is 3. The van der Waals surface area contributed by atoms with E-state index in [9.17, 15) is 0 Å². The molecule has 3 rings (SSSR count). The first-order valence-electron chi connectivity index (χ1n) is 7.72. The zero-order valence-corrected chi connectivity index (χ0v) is 15.4. The van der Waals surface area contributed by atoms with Gasteiger partial charge in [-0.05, 0) is 26.0 Å². The van der Waals surface area contributed by atoms with Crippen LogP contribution in [0.15, 0.2) is 40.1 Å². The van der Waals surface area contributed by atoms with E-state index in [4.69, 9.17) is 13.9 Å². The van der Waals surface area contributed by atoms with Gasteiger partial charge in [-0.2, -0.15) is 0 Å². The summed E-state index contributed by atoms with van der Waals surface area (Å²) >= 11 is 1.44. The van der Waals surface area contributed by atoms with Gasteiger partial charge >= 0.3 is 0 Å². The van der Waals surface area contributed by atoms with Crippen molar-refractivity contribution in [3.8, 4) is 23.0 Å². The van der Waals surface area contributed by atoms with Crippen molar-refractivity contribution in [1.29, 1.82) is 0 Å². The van der Waals surface area contributed by atoms with Crippen LogP contribution in [0.5, 0.6) is 11.5 Å². The van der Waals surface area contributed by atoms with E-state index in [0.29, 0.717) is 22.6 Å². The Morgan fingerprint density at radius 3 is 2.64 bits per heavy atom. The summed E-state index contributed by atoms with van der Waals surface area (Å²) in [5.74, 6) is 2.62. The largest absolute Gasteiger partial charge is 0.496 e. The first-order chi connectivity index (χ1) is 12.1. The van der Waals surface area contributed by atoms with Crippen LogP contribution in [-0.4, -0.2) is 29.4 Å². The van der Waals surface area contributed by atoms with Crippen LogP contribution in [0.1, 0.15) is 16.8 Å². The maximum Gasteiger partial charge on any atom is 0.277 e. The summed E-state index contributed by atoms with van der Waals surface area (Å²) in [4.78, 5) is 4.48. The van der Waals surface area contributed by atoms with Crippen molar-refractivity contribution in [2.24, 2.45) is 0 Å². The molecule has 0 fully saturated rings. The van der Waals surface area contributed by atoms with Gasteiger partial charge in [0.2, 0.25) is 0 Å². The first kappa shape index (κ1) is 17.3. The van der Waals surface area contributed by atoms with E-state index >= 15 is 0 Å². The average Bonchev–Trinajstić information content (AvgIpc) is 3.10. The van der Waals surface area contributed by atoms with Gasteiger partial charge in [0.25, 0.3) is 11.1 Å². The lowest BCUT2D eigenvalue weighted by Crippen LogP contribution is -1.98. The Hall–Kier alpha value is -2.54. The third kappa shape index (κ3) is 3.61. The van der Waals surface area contributed by atoms with Crippen molar-refractivity contribution in [2.45, 2.75) is 24.8 Å². The number of thioether (sulfide) groups is 1. The lowest BCUT2D eigenvalue weighted by Gasteiger charge is -2.11. The summed E-state index contributed by atoms with van der Waals surface area (Å²) in [6, 6.07) is 7.55. The number of para-hydroxylation sites is 1. The van der Waals surface area contributed by atoms with Gasteiger partial charge in [-0.1, -0.05) is 23.9 Å². The average molecular weight is 357 g/mol. The normalized spacial score (nSPS) is 10.7. The summed E-state index contributed by atoms with van der Waals surface area (Å²) < 4.78 is 16.5. The molecule has 6 nitrogen and oxygen atoms in total. The monoisotopic (exact) mass is 357 g/mol. The SMILES string of the molecule is COc1ccccc1-c1nnc(SCc2ncc(C)c(OC)c2C)o1. The van der Waals surface area contributed by atoms with Crippen LogP contribution in [0.3, 0.4) is 0 Å². The van der Waals surface area contributed by atoms with Gasteiger partial charge in [0.05, 0.1) is 25.5 Å². The molecule has 2 heterocycles. The Labute approximate surface area is 150 Å². The fraction of sp³-hybridized carbons (Fsp3) is 0.278. The van der Waals surface area contributed by atoms with Gasteiger partial charge < -0.3 is 13.9 Å². The highest BCUT2D eigenvalue weighted by molar-refractivity contribution is 7.98. The maximum atomic E-state index is 5.76. The number of methoxy groups -OCH3 is 2. The van der Waals surface area contributed by atoms with E-state index in [2.05, 4.69) is 15.2 Å². The fourth-order valence-corrected chi connectivity index (χ4v) is 3.33. The van der Waals surface area contributed by atoms with Gasteiger partial charge in [-0.3, -0.25) is 4.98 Å². The minimum absolute atomic E-state index is 0.436.